The van der Waals surface area contributed by atoms with E-state index in [1.165, 1.54) is 0 Å². The van der Waals surface area contributed by atoms with Crippen molar-refractivity contribution in [3.05, 3.63) is 0 Å². The third-order valence-corrected chi connectivity index (χ3v) is 10.7. The predicted octanol–water partition coefficient (Wildman–Crippen LogP) is 3.89. The van der Waals surface area contributed by atoms with Crippen LogP contribution in [-0.4, -0.2) is 84.2 Å². The largest absolute Gasteiger partial charge is 0.502 e. The summed E-state index contributed by atoms with van der Waals surface area (Å²) in [5.41, 5.74) is 0. The van der Waals surface area contributed by atoms with Crippen molar-refractivity contribution >= 4 is 17.6 Å². The van der Waals surface area contributed by atoms with Gasteiger partial charge in [0.2, 0.25) is 0 Å². The SMILES string of the molecule is CCC(C[Si](OC)(OC)OC)OCC1CO1.CCCC[Si](OCC)(OCC)OCC. The summed E-state index contributed by atoms with van der Waals surface area (Å²) in [4.78, 5) is 0. The lowest BCUT2D eigenvalue weighted by Crippen LogP contribution is -2.46. The van der Waals surface area contributed by atoms with Gasteiger partial charge in [-0.05, 0) is 33.6 Å². The number of epoxide rings is 1. The predicted molar refractivity (Wildman–Crippen MR) is 122 cm³/mol. The Kier molecular flexibility index (Phi) is 17.7. The molecule has 0 aromatic heterocycles. The molecule has 1 fully saturated rings. The Morgan fingerprint density at radius 1 is 0.833 bits per heavy atom. The van der Waals surface area contributed by atoms with Crippen LogP contribution in [0, 0.1) is 0 Å². The molecule has 2 atom stereocenters. The Labute approximate surface area is 186 Å². The summed E-state index contributed by atoms with van der Waals surface area (Å²) in [6, 6.07) is 1.62. The van der Waals surface area contributed by atoms with E-state index in [0.29, 0.717) is 32.5 Å². The van der Waals surface area contributed by atoms with E-state index in [1.807, 2.05) is 20.8 Å². The van der Waals surface area contributed by atoms with E-state index in [9.17, 15) is 0 Å². The number of rotatable bonds is 18. The van der Waals surface area contributed by atoms with Crippen LogP contribution in [0.1, 0.15) is 53.9 Å². The van der Waals surface area contributed by atoms with Crippen LogP contribution in [0.25, 0.3) is 0 Å². The molecule has 0 amide bonds. The Balaban J connectivity index is 0.000000567. The van der Waals surface area contributed by atoms with Crippen molar-refractivity contribution in [2.75, 3.05) is 54.4 Å². The summed E-state index contributed by atoms with van der Waals surface area (Å²) in [6.45, 7) is 13.7. The summed E-state index contributed by atoms with van der Waals surface area (Å²) in [6.07, 6.45) is 3.58. The first kappa shape index (κ1) is 30.1. The first-order valence-corrected chi connectivity index (χ1v) is 15.1. The highest BCUT2D eigenvalue weighted by Crippen LogP contribution is 2.21. The second-order valence-electron chi connectivity index (χ2n) is 6.90. The molecule has 1 rings (SSSR count). The van der Waals surface area contributed by atoms with Crippen molar-refractivity contribution in [2.45, 2.75) is 78.2 Å². The van der Waals surface area contributed by atoms with E-state index in [0.717, 1.165) is 31.9 Å². The first-order chi connectivity index (χ1) is 14.4. The fourth-order valence-corrected chi connectivity index (χ4v) is 7.66. The molecule has 0 N–H and O–H groups in total. The molecule has 2 unspecified atom stereocenters. The van der Waals surface area contributed by atoms with Gasteiger partial charge in [0.15, 0.2) is 0 Å². The molecule has 0 saturated carbocycles. The van der Waals surface area contributed by atoms with Crippen molar-refractivity contribution in [3.63, 3.8) is 0 Å². The zero-order chi connectivity index (χ0) is 22.9. The fraction of sp³-hybridized carbons (Fsp3) is 1.00. The van der Waals surface area contributed by atoms with Crippen molar-refractivity contribution in [1.29, 1.82) is 0 Å². The number of unbranched alkanes of at least 4 members (excludes halogenated alkanes) is 1. The van der Waals surface area contributed by atoms with Gasteiger partial charge in [-0.25, -0.2) is 0 Å². The van der Waals surface area contributed by atoms with E-state index in [1.54, 1.807) is 21.3 Å². The molecule has 10 heteroatoms. The minimum atomic E-state index is -2.52. The van der Waals surface area contributed by atoms with Gasteiger partial charge in [0.05, 0.1) is 19.3 Å². The Morgan fingerprint density at radius 2 is 1.33 bits per heavy atom. The molecule has 1 aliphatic heterocycles. The highest BCUT2D eigenvalue weighted by atomic mass is 28.4. The van der Waals surface area contributed by atoms with Gasteiger partial charge in [0.25, 0.3) is 0 Å². The van der Waals surface area contributed by atoms with Crippen molar-refractivity contribution < 1.29 is 36.0 Å². The van der Waals surface area contributed by atoms with E-state index < -0.39 is 17.6 Å². The topological polar surface area (TPSA) is 77.1 Å². The van der Waals surface area contributed by atoms with Gasteiger partial charge in [0.1, 0.15) is 6.10 Å². The Morgan fingerprint density at radius 3 is 1.67 bits per heavy atom. The van der Waals surface area contributed by atoms with Crippen LogP contribution < -0.4 is 0 Å². The zero-order valence-corrected chi connectivity index (χ0v) is 22.5. The van der Waals surface area contributed by atoms with Gasteiger partial charge in [-0.1, -0.05) is 20.3 Å². The van der Waals surface area contributed by atoms with E-state index in [4.69, 9.17) is 36.0 Å². The van der Waals surface area contributed by atoms with Crippen LogP contribution >= 0.6 is 0 Å². The number of hydrogen-bond acceptors (Lipinski definition) is 8. The lowest BCUT2D eigenvalue weighted by molar-refractivity contribution is 0.0318. The van der Waals surface area contributed by atoms with Gasteiger partial charge in [-0.15, -0.1) is 0 Å². The molecule has 1 aliphatic rings. The number of hydrogen-bond donors (Lipinski definition) is 0. The number of ether oxygens (including phenoxy) is 2. The van der Waals surface area contributed by atoms with Crippen LogP contribution in [-0.2, 0) is 36.0 Å². The maximum atomic E-state index is 5.75. The Hall–Kier alpha value is 0.114. The lowest BCUT2D eigenvalue weighted by Gasteiger charge is -2.28. The molecule has 0 spiro atoms. The molecule has 1 saturated heterocycles. The smallest absolute Gasteiger partial charge is 0.377 e. The fourth-order valence-electron chi connectivity index (χ4n) is 2.90. The summed E-state index contributed by atoms with van der Waals surface area (Å²) >= 11 is 0. The molecular weight excluding hydrogens is 424 g/mol. The molecular formula is C20H46O8Si2. The van der Waals surface area contributed by atoms with Gasteiger partial charge >= 0.3 is 17.6 Å². The van der Waals surface area contributed by atoms with Crippen LogP contribution in [0.15, 0.2) is 0 Å². The highest BCUT2D eigenvalue weighted by Gasteiger charge is 2.41. The van der Waals surface area contributed by atoms with Gasteiger partial charge in [-0.3, -0.25) is 0 Å². The third kappa shape index (κ3) is 12.2. The molecule has 182 valence electrons. The summed E-state index contributed by atoms with van der Waals surface area (Å²) in [7, 11) is 0.0276. The monoisotopic (exact) mass is 470 g/mol. The Bertz CT molecular complexity index is 370. The van der Waals surface area contributed by atoms with Gasteiger partial charge < -0.3 is 36.0 Å². The van der Waals surface area contributed by atoms with Crippen LogP contribution in [0.2, 0.25) is 12.1 Å². The average molecular weight is 471 g/mol. The molecule has 30 heavy (non-hydrogen) atoms. The molecule has 0 radical (unpaired) electrons. The second-order valence-corrected chi connectivity index (χ2v) is 12.6. The minimum absolute atomic E-state index is 0.107. The summed E-state index contributed by atoms with van der Waals surface area (Å²) in [5.74, 6) is 0. The third-order valence-electron chi connectivity index (χ3n) is 4.72. The maximum Gasteiger partial charge on any atom is 0.502 e. The minimum Gasteiger partial charge on any atom is -0.377 e. The van der Waals surface area contributed by atoms with Crippen molar-refractivity contribution in [1.82, 2.24) is 0 Å². The summed E-state index contributed by atoms with van der Waals surface area (Å²) < 4.78 is 44.1. The van der Waals surface area contributed by atoms with Crippen LogP contribution in [0.5, 0.6) is 0 Å². The molecule has 8 nitrogen and oxygen atoms in total. The van der Waals surface area contributed by atoms with Gasteiger partial charge in [-0.2, -0.15) is 0 Å². The van der Waals surface area contributed by atoms with E-state index in [2.05, 4.69) is 13.8 Å². The normalized spacial score (nSPS) is 17.4. The molecule has 0 aromatic carbocycles. The first-order valence-electron chi connectivity index (χ1n) is 11.2. The van der Waals surface area contributed by atoms with Crippen molar-refractivity contribution in [2.24, 2.45) is 0 Å². The van der Waals surface area contributed by atoms with E-state index >= 15 is 0 Å². The zero-order valence-electron chi connectivity index (χ0n) is 20.5. The van der Waals surface area contributed by atoms with Crippen LogP contribution in [0.3, 0.4) is 0 Å². The molecule has 1 heterocycles. The van der Waals surface area contributed by atoms with Crippen molar-refractivity contribution in [3.8, 4) is 0 Å². The molecule has 0 aliphatic carbocycles. The maximum absolute atomic E-state index is 5.75. The quantitative estimate of drug-likeness (QED) is 0.220. The van der Waals surface area contributed by atoms with E-state index in [-0.39, 0.29) is 12.2 Å². The van der Waals surface area contributed by atoms with Crippen LogP contribution in [0.4, 0.5) is 0 Å². The average Bonchev–Trinajstić information content (AvgIpc) is 3.59. The second kappa shape index (κ2) is 17.6. The van der Waals surface area contributed by atoms with Gasteiger partial charge in [0, 0.05) is 53.2 Å². The standard InChI is InChI=1S/C10H22O5Si.C10H24O3Si/c1-5-9(14-6-10-7-15-10)8-16(11-2,12-3)13-4;1-5-9-10-14(11-6-2,12-7-3)13-8-4/h9-10H,5-8H2,1-4H3;5-10H2,1-4H3. The highest BCUT2D eigenvalue weighted by molar-refractivity contribution is 6.61. The summed E-state index contributed by atoms with van der Waals surface area (Å²) in [5, 5.41) is 0. The molecule has 0 aromatic rings. The molecule has 0 bridgehead atoms. The lowest BCUT2D eigenvalue weighted by atomic mass is 10.3.